The molecule has 0 aromatic carbocycles. The van der Waals surface area contributed by atoms with E-state index in [0.717, 1.165) is 25.7 Å². The molecule has 6 nitrogen and oxygen atoms in total. The monoisotopic (exact) mass is 304 g/mol. The van der Waals surface area contributed by atoms with E-state index in [1.807, 2.05) is 0 Å². The molecular weight excluding hydrogens is 280 g/mol. The number of nitrogens with zero attached hydrogens (tertiary/aromatic N) is 3. The number of amides is 1. The van der Waals surface area contributed by atoms with Crippen molar-refractivity contribution in [2.45, 2.75) is 45.7 Å². The van der Waals surface area contributed by atoms with Crippen molar-refractivity contribution < 1.29 is 9.90 Å². The summed E-state index contributed by atoms with van der Waals surface area (Å²) in [4.78, 5) is 22.4. The van der Waals surface area contributed by atoms with Gasteiger partial charge in [0, 0.05) is 25.1 Å². The molecule has 0 spiro atoms. The van der Waals surface area contributed by atoms with Gasteiger partial charge in [-0.3, -0.25) is 14.8 Å². The molecule has 1 aromatic rings. The number of hydrogen-bond acceptors (Lipinski definition) is 5. The molecule has 2 unspecified atom stereocenters. The average molecular weight is 304 g/mol. The van der Waals surface area contributed by atoms with Gasteiger partial charge in [0.05, 0.1) is 6.20 Å². The fourth-order valence-electron chi connectivity index (χ4n) is 2.65. The van der Waals surface area contributed by atoms with Crippen molar-refractivity contribution in [1.82, 2.24) is 20.2 Å². The van der Waals surface area contributed by atoms with Crippen molar-refractivity contribution in [3.63, 3.8) is 0 Å². The number of rotatable bonds is 7. The minimum atomic E-state index is -0.382. The third-order valence-corrected chi connectivity index (χ3v) is 4.03. The lowest BCUT2D eigenvalue weighted by atomic mass is 9.98. The van der Waals surface area contributed by atoms with Crippen LogP contribution in [0.15, 0.2) is 30.5 Å². The maximum absolute atomic E-state index is 12.4. The van der Waals surface area contributed by atoms with Gasteiger partial charge in [-0.15, -0.1) is 0 Å². The maximum atomic E-state index is 12.4. The van der Waals surface area contributed by atoms with Gasteiger partial charge in [-0.1, -0.05) is 33.1 Å². The fourth-order valence-corrected chi connectivity index (χ4v) is 2.65. The van der Waals surface area contributed by atoms with E-state index in [4.69, 9.17) is 0 Å². The standard InChI is InChI=1S/C16H24N4O2/c1-3-5-6-12(4-2)11-20-15(13-9-17-7-8-18-13)19-10-14(21)16(20)22/h7-10,12,15,19,21H,3-6,11H2,1-2H3. The molecular formula is C16H24N4O2. The molecule has 0 saturated heterocycles. The summed E-state index contributed by atoms with van der Waals surface area (Å²) >= 11 is 0. The quantitative estimate of drug-likeness (QED) is 0.809. The van der Waals surface area contributed by atoms with Crippen molar-refractivity contribution in [3.8, 4) is 0 Å². The van der Waals surface area contributed by atoms with Crippen LogP contribution in [0.5, 0.6) is 0 Å². The lowest BCUT2D eigenvalue weighted by Gasteiger charge is -2.36. The highest BCUT2D eigenvalue weighted by molar-refractivity contribution is 5.92. The molecule has 22 heavy (non-hydrogen) atoms. The van der Waals surface area contributed by atoms with Gasteiger partial charge in [-0.2, -0.15) is 0 Å². The normalized spacial score (nSPS) is 19.5. The van der Waals surface area contributed by atoms with Crippen LogP contribution in [0.25, 0.3) is 0 Å². The molecule has 0 radical (unpaired) electrons. The first-order valence-corrected chi connectivity index (χ1v) is 7.89. The predicted octanol–water partition coefficient (Wildman–Crippen LogP) is 2.52. The SMILES string of the molecule is CCCCC(CC)CN1C(=O)C(O)=CNC1c1cnccn1. The molecule has 0 aliphatic carbocycles. The molecule has 0 bridgehead atoms. The zero-order valence-corrected chi connectivity index (χ0v) is 13.2. The van der Waals surface area contributed by atoms with Crippen LogP contribution < -0.4 is 5.32 Å². The number of aliphatic hydroxyl groups excluding tert-OH is 1. The molecule has 1 aromatic heterocycles. The second-order valence-corrected chi connectivity index (χ2v) is 5.60. The van der Waals surface area contributed by atoms with E-state index in [-0.39, 0.29) is 17.8 Å². The Labute approximate surface area is 131 Å². The van der Waals surface area contributed by atoms with Crippen LogP contribution in [0.4, 0.5) is 0 Å². The summed E-state index contributed by atoms with van der Waals surface area (Å²) in [6, 6.07) is 0. The minimum absolute atomic E-state index is 0.259. The molecule has 0 fully saturated rings. The highest BCUT2D eigenvalue weighted by Gasteiger charge is 2.33. The van der Waals surface area contributed by atoms with Gasteiger partial charge in [0.2, 0.25) is 0 Å². The Morgan fingerprint density at radius 1 is 1.41 bits per heavy atom. The van der Waals surface area contributed by atoms with E-state index >= 15 is 0 Å². The number of nitrogens with one attached hydrogen (secondary N) is 1. The number of aromatic nitrogens is 2. The van der Waals surface area contributed by atoms with E-state index in [2.05, 4.69) is 29.1 Å². The van der Waals surface area contributed by atoms with Crippen LogP contribution in [0.3, 0.4) is 0 Å². The van der Waals surface area contributed by atoms with Gasteiger partial charge in [0.1, 0.15) is 11.9 Å². The number of aliphatic hydroxyl groups is 1. The Morgan fingerprint density at radius 2 is 2.23 bits per heavy atom. The summed E-state index contributed by atoms with van der Waals surface area (Å²) < 4.78 is 0. The molecule has 2 N–H and O–H groups in total. The topological polar surface area (TPSA) is 78.4 Å². The summed E-state index contributed by atoms with van der Waals surface area (Å²) in [5, 5.41) is 12.8. The first-order valence-electron chi connectivity index (χ1n) is 7.89. The molecule has 2 rings (SSSR count). The van der Waals surface area contributed by atoms with E-state index in [1.165, 1.54) is 6.20 Å². The highest BCUT2D eigenvalue weighted by atomic mass is 16.3. The Balaban J connectivity index is 2.18. The van der Waals surface area contributed by atoms with Crippen molar-refractivity contribution in [1.29, 1.82) is 0 Å². The predicted molar refractivity (Wildman–Crippen MR) is 83.6 cm³/mol. The van der Waals surface area contributed by atoms with Crippen molar-refractivity contribution in [2.24, 2.45) is 5.92 Å². The molecule has 2 atom stereocenters. The van der Waals surface area contributed by atoms with Gasteiger partial charge < -0.3 is 15.3 Å². The van der Waals surface area contributed by atoms with Crippen molar-refractivity contribution in [2.75, 3.05) is 6.54 Å². The Hall–Kier alpha value is -2.11. The zero-order valence-electron chi connectivity index (χ0n) is 13.2. The van der Waals surface area contributed by atoms with E-state index in [1.54, 1.807) is 23.5 Å². The van der Waals surface area contributed by atoms with E-state index in [9.17, 15) is 9.90 Å². The molecule has 1 aliphatic heterocycles. The molecule has 6 heteroatoms. The van der Waals surface area contributed by atoms with Crippen molar-refractivity contribution in [3.05, 3.63) is 36.2 Å². The van der Waals surface area contributed by atoms with Crippen LogP contribution in [-0.4, -0.2) is 32.4 Å². The molecule has 2 heterocycles. The number of hydrogen-bond donors (Lipinski definition) is 2. The highest BCUT2D eigenvalue weighted by Crippen LogP contribution is 2.25. The van der Waals surface area contributed by atoms with Crippen LogP contribution >= 0.6 is 0 Å². The zero-order chi connectivity index (χ0) is 15.9. The Morgan fingerprint density at radius 3 is 2.86 bits per heavy atom. The number of unbranched alkanes of at least 4 members (excludes halogenated alkanes) is 1. The Kier molecular flexibility index (Phi) is 5.75. The molecule has 1 aliphatic rings. The summed E-state index contributed by atoms with van der Waals surface area (Å²) in [6.45, 7) is 4.90. The lowest BCUT2D eigenvalue weighted by molar-refractivity contribution is -0.135. The number of carbonyl (C=O) groups is 1. The van der Waals surface area contributed by atoms with Gasteiger partial charge in [-0.25, -0.2) is 0 Å². The van der Waals surface area contributed by atoms with Gasteiger partial charge in [0.25, 0.3) is 5.91 Å². The third-order valence-electron chi connectivity index (χ3n) is 4.03. The maximum Gasteiger partial charge on any atom is 0.292 e. The molecule has 1 amide bonds. The van der Waals surface area contributed by atoms with Crippen LogP contribution in [0.1, 0.15) is 51.4 Å². The van der Waals surface area contributed by atoms with E-state index in [0.29, 0.717) is 18.2 Å². The second kappa shape index (κ2) is 7.77. The third kappa shape index (κ3) is 3.75. The molecule has 120 valence electrons. The summed E-state index contributed by atoms with van der Waals surface area (Å²) in [5.41, 5.74) is 0.671. The van der Waals surface area contributed by atoms with Crippen molar-refractivity contribution >= 4 is 5.91 Å². The van der Waals surface area contributed by atoms with Crippen LogP contribution in [-0.2, 0) is 4.79 Å². The first-order chi connectivity index (χ1) is 10.7. The largest absolute Gasteiger partial charge is 0.502 e. The summed E-state index contributed by atoms with van der Waals surface area (Å²) in [6.07, 6.45) is 10.2. The van der Waals surface area contributed by atoms with Crippen LogP contribution in [0, 0.1) is 5.92 Å². The summed E-state index contributed by atoms with van der Waals surface area (Å²) in [5.74, 6) is -0.203. The molecule has 0 saturated carbocycles. The average Bonchev–Trinajstić information content (AvgIpc) is 2.56. The summed E-state index contributed by atoms with van der Waals surface area (Å²) in [7, 11) is 0. The second-order valence-electron chi connectivity index (χ2n) is 5.60. The van der Waals surface area contributed by atoms with Gasteiger partial charge in [0.15, 0.2) is 5.76 Å². The minimum Gasteiger partial charge on any atom is -0.502 e. The number of carbonyl (C=O) groups excluding carboxylic acids is 1. The Bertz CT molecular complexity index is 518. The van der Waals surface area contributed by atoms with E-state index < -0.39 is 0 Å². The fraction of sp³-hybridized carbons (Fsp3) is 0.562. The van der Waals surface area contributed by atoms with Gasteiger partial charge >= 0.3 is 0 Å². The first kappa shape index (κ1) is 16.3. The smallest absolute Gasteiger partial charge is 0.292 e. The lowest BCUT2D eigenvalue weighted by Crippen LogP contribution is -2.47. The van der Waals surface area contributed by atoms with Crippen LogP contribution in [0.2, 0.25) is 0 Å². The van der Waals surface area contributed by atoms with Gasteiger partial charge in [-0.05, 0) is 12.3 Å².